The Morgan fingerprint density at radius 3 is 2.73 bits per heavy atom. The van der Waals surface area contributed by atoms with Crippen LogP contribution in [0, 0.1) is 0 Å². The van der Waals surface area contributed by atoms with Gasteiger partial charge in [-0.05, 0) is 25.7 Å². The van der Waals surface area contributed by atoms with Crippen molar-refractivity contribution in [2.75, 3.05) is 6.61 Å². The van der Waals surface area contributed by atoms with Crippen LogP contribution >= 0.6 is 0 Å². The van der Waals surface area contributed by atoms with E-state index >= 15 is 0 Å². The van der Waals surface area contributed by atoms with Crippen molar-refractivity contribution < 1.29 is 9.47 Å². The Hall–Kier alpha value is -0.120. The fourth-order valence-corrected chi connectivity index (χ4v) is 1.36. The molecule has 0 aromatic rings. The van der Waals surface area contributed by atoms with E-state index in [1.807, 2.05) is 0 Å². The first-order valence-electron chi connectivity index (χ1n) is 4.39. The number of rotatable bonds is 2. The van der Waals surface area contributed by atoms with E-state index in [1.165, 1.54) is 12.8 Å². The summed E-state index contributed by atoms with van der Waals surface area (Å²) in [4.78, 5) is 0. The summed E-state index contributed by atoms with van der Waals surface area (Å²) in [7, 11) is 0. The van der Waals surface area contributed by atoms with Crippen LogP contribution in [0.5, 0.6) is 0 Å². The number of hydrogen-bond donors (Lipinski definition) is 1. The Balaban J connectivity index is 1.68. The molecule has 3 heteroatoms. The molecule has 2 aliphatic rings. The van der Waals surface area contributed by atoms with Crippen LogP contribution in [-0.4, -0.2) is 25.0 Å². The van der Waals surface area contributed by atoms with Crippen molar-refractivity contribution in [3.05, 3.63) is 0 Å². The van der Waals surface area contributed by atoms with Gasteiger partial charge in [-0.2, -0.15) is 0 Å². The van der Waals surface area contributed by atoms with Crippen LogP contribution in [0.4, 0.5) is 0 Å². The second kappa shape index (κ2) is 3.09. The average molecular weight is 157 g/mol. The van der Waals surface area contributed by atoms with Crippen LogP contribution < -0.4 is 5.73 Å². The van der Waals surface area contributed by atoms with E-state index in [9.17, 15) is 0 Å². The lowest BCUT2D eigenvalue weighted by molar-refractivity contribution is -0.169. The van der Waals surface area contributed by atoms with Gasteiger partial charge in [0, 0.05) is 12.6 Å². The van der Waals surface area contributed by atoms with Crippen LogP contribution in [0.3, 0.4) is 0 Å². The van der Waals surface area contributed by atoms with Crippen LogP contribution in [0.15, 0.2) is 0 Å². The maximum absolute atomic E-state index is 5.60. The van der Waals surface area contributed by atoms with Gasteiger partial charge in [-0.25, -0.2) is 0 Å². The SMILES string of the molecule is N[C@@H]1C[C@@H]1O[C@H]1CCCCO1. The Bertz CT molecular complexity index is 134. The summed E-state index contributed by atoms with van der Waals surface area (Å²) in [5.74, 6) is 0. The first-order valence-corrected chi connectivity index (χ1v) is 4.39. The maximum atomic E-state index is 5.60. The predicted molar refractivity (Wildman–Crippen MR) is 41.1 cm³/mol. The van der Waals surface area contributed by atoms with E-state index in [2.05, 4.69) is 0 Å². The minimum Gasteiger partial charge on any atom is -0.353 e. The van der Waals surface area contributed by atoms with Gasteiger partial charge in [-0.3, -0.25) is 0 Å². The maximum Gasteiger partial charge on any atom is 0.158 e. The summed E-state index contributed by atoms with van der Waals surface area (Å²) in [6.07, 6.45) is 4.80. The zero-order valence-corrected chi connectivity index (χ0v) is 6.66. The number of hydrogen-bond acceptors (Lipinski definition) is 3. The predicted octanol–water partition coefficient (Wildman–Crippen LogP) is 0.629. The van der Waals surface area contributed by atoms with E-state index < -0.39 is 0 Å². The molecule has 1 aliphatic carbocycles. The van der Waals surface area contributed by atoms with Crippen LogP contribution in [0.25, 0.3) is 0 Å². The van der Waals surface area contributed by atoms with E-state index in [4.69, 9.17) is 15.2 Å². The molecule has 0 bridgehead atoms. The van der Waals surface area contributed by atoms with Crippen molar-refractivity contribution in [2.45, 2.75) is 44.1 Å². The van der Waals surface area contributed by atoms with Gasteiger partial charge in [-0.1, -0.05) is 0 Å². The third-order valence-electron chi connectivity index (χ3n) is 2.24. The van der Waals surface area contributed by atoms with Crippen molar-refractivity contribution in [1.29, 1.82) is 0 Å². The van der Waals surface area contributed by atoms with Gasteiger partial charge in [0.15, 0.2) is 6.29 Å². The normalized spacial score (nSPS) is 43.9. The summed E-state index contributed by atoms with van der Waals surface area (Å²) in [6, 6.07) is 0.278. The molecule has 0 radical (unpaired) electrons. The number of nitrogens with two attached hydrogens (primary N) is 1. The van der Waals surface area contributed by atoms with Gasteiger partial charge in [0.25, 0.3) is 0 Å². The molecule has 11 heavy (non-hydrogen) atoms. The molecule has 2 rings (SSSR count). The first-order chi connectivity index (χ1) is 5.36. The molecule has 0 amide bonds. The largest absolute Gasteiger partial charge is 0.353 e. The van der Waals surface area contributed by atoms with Crippen LogP contribution in [0.1, 0.15) is 25.7 Å². The topological polar surface area (TPSA) is 44.5 Å². The molecule has 0 aromatic carbocycles. The fourth-order valence-electron chi connectivity index (χ4n) is 1.36. The number of ether oxygens (including phenoxy) is 2. The zero-order valence-electron chi connectivity index (χ0n) is 6.66. The molecular weight excluding hydrogens is 142 g/mol. The smallest absolute Gasteiger partial charge is 0.158 e. The van der Waals surface area contributed by atoms with Crippen molar-refractivity contribution in [1.82, 2.24) is 0 Å². The Kier molecular flexibility index (Phi) is 2.11. The average Bonchev–Trinajstić information content (AvgIpc) is 2.69. The van der Waals surface area contributed by atoms with Gasteiger partial charge in [0.05, 0.1) is 6.10 Å². The molecule has 2 fully saturated rings. The molecule has 1 aliphatic heterocycles. The molecule has 0 aromatic heterocycles. The molecule has 3 atom stereocenters. The molecular formula is C8H15NO2. The molecule has 0 spiro atoms. The van der Waals surface area contributed by atoms with Crippen molar-refractivity contribution in [3.8, 4) is 0 Å². The minimum absolute atomic E-state index is 0.0438. The third-order valence-corrected chi connectivity index (χ3v) is 2.24. The minimum atomic E-state index is 0.0438. The van der Waals surface area contributed by atoms with Crippen LogP contribution in [0.2, 0.25) is 0 Å². The highest BCUT2D eigenvalue weighted by molar-refractivity contribution is 4.92. The zero-order chi connectivity index (χ0) is 7.68. The fraction of sp³-hybridized carbons (Fsp3) is 1.00. The van der Waals surface area contributed by atoms with Crippen LogP contribution in [-0.2, 0) is 9.47 Å². The van der Waals surface area contributed by atoms with Crippen molar-refractivity contribution in [3.63, 3.8) is 0 Å². The van der Waals surface area contributed by atoms with Gasteiger partial charge in [-0.15, -0.1) is 0 Å². The van der Waals surface area contributed by atoms with Crippen molar-refractivity contribution in [2.24, 2.45) is 5.73 Å². The van der Waals surface area contributed by atoms with E-state index in [0.717, 1.165) is 19.4 Å². The quantitative estimate of drug-likeness (QED) is 0.639. The Morgan fingerprint density at radius 2 is 2.18 bits per heavy atom. The summed E-state index contributed by atoms with van der Waals surface area (Å²) in [6.45, 7) is 0.854. The van der Waals surface area contributed by atoms with Gasteiger partial charge in [0.1, 0.15) is 0 Å². The second-order valence-corrected chi connectivity index (χ2v) is 3.37. The molecule has 0 unspecified atom stereocenters. The van der Waals surface area contributed by atoms with Crippen molar-refractivity contribution >= 4 is 0 Å². The standard InChI is InChI=1S/C8H15NO2/c9-6-5-7(6)11-8-3-1-2-4-10-8/h6-8H,1-5,9H2/t6-,7+,8+/m1/s1. The summed E-state index contributed by atoms with van der Waals surface area (Å²) < 4.78 is 11.0. The lowest BCUT2D eigenvalue weighted by Crippen LogP contribution is -2.25. The molecule has 1 saturated carbocycles. The monoisotopic (exact) mass is 157 g/mol. The molecule has 1 heterocycles. The van der Waals surface area contributed by atoms with Gasteiger partial charge in [0.2, 0.25) is 0 Å². The van der Waals surface area contributed by atoms with E-state index in [1.54, 1.807) is 0 Å². The summed E-state index contributed by atoms with van der Waals surface area (Å²) in [5, 5.41) is 0. The molecule has 64 valence electrons. The lowest BCUT2D eigenvalue weighted by atomic mass is 10.2. The van der Waals surface area contributed by atoms with E-state index in [-0.39, 0.29) is 18.4 Å². The second-order valence-electron chi connectivity index (χ2n) is 3.37. The first kappa shape index (κ1) is 7.53. The van der Waals surface area contributed by atoms with Gasteiger partial charge >= 0.3 is 0 Å². The highest BCUT2D eigenvalue weighted by Gasteiger charge is 2.37. The Labute approximate surface area is 66.8 Å². The molecule has 3 nitrogen and oxygen atoms in total. The Morgan fingerprint density at radius 1 is 1.36 bits per heavy atom. The summed E-state index contributed by atoms with van der Waals surface area (Å²) in [5.41, 5.74) is 5.60. The van der Waals surface area contributed by atoms with Gasteiger partial charge < -0.3 is 15.2 Å². The highest BCUT2D eigenvalue weighted by atomic mass is 16.7. The third kappa shape index (κ3) is 1.92. The molecule has 2 N–H and O–H groups in total. The molecule has 1 saturated heterocycles. The van der Waals surface area contributed by atoms with E-state index in [0.29, 0.717) is 0 Å². The lowest BCUT2D eigenvalue weighted by Gasteiger charge is -2.22. The highest BCUT2D eigenvalue weighted by Crippen LogP contribution is 2.27. The summed E-state index contributed by atoms with van der Waals surface area (Å²) >= 11 is 0.